The van der Waals surface area contributed by atoms with E-state index in [1.165, 1.54) is 11.3 Å². The van der Waals surface area contributed by atoms with Crippen LogP contribution in [0.5, 0.6) is 5.75 Å². The Morgan fingerprint density at radius 1 is 1.07 bits per heavy atom. The third-order valence-electron chi connectivity index (χ3n) is 4.68. The van der Waals surface area contributed by atoms with E-state index >= 15 is 0 Å². The quantitative estimate of drug-likeness (QED) is 0.350. The van der Waals surface area contributed by atoms with Crippen molar-refractivity contribution in [3.8, 4) is 5.75 Å². The second-order valence-corrected chi connectivity index (χ2v) is 8.45. The largest absolute Gasteiger partial charge is 0.494 e. The molecule has 1 aromatic heterocycles. The molecule has 4 nitrogen and oxygen atoms in total. The number of anilines is 1. The Bertz CT molecular complexity index is 1170. The first-order valence-corrected chi connectivity index (χ1v) is 10.7. The number of halogens is 1. The number of carbonyl (C=O) groups is 1. The van der Waals surface area contributed by atoms with Crippen molar-refractivity contribution in [2.24, 2.45) is 0 Å². The van der Waals surface area contributed by atoms with Gasteiger partial charge in [-0.1, -0.05) is 59.9 Å². The van der Waals surface area contributed by atoms with Crippen LogP contribution in [0.3, 0.4) is 0 Å². The van der Waals surface area contributed by atoms with E-state index in [1.807, 2.05) is 73.7 Å². The number of benzene rings is 3. The molecule has 146 valence electrons. The number of amides is 1. The zero-order valence-corrected chi connectivity index (χ0v) is 18.5. The highest BCUT2D eigenvalue weighted by Gasteiger charge is 2.24. The van der Waals surface area contributed by atoms with Crippen molar-refractivity contribution in [2.75, 3.05) is 12.0 Å². The number of aromatic nitrogens is 1. The average Bonchev–Trinajstić information content (AvgIpc) is 3.19. The van der Waals surface area contributed by atoms with Crippen molar-refractivity contribution in [1.82, 2.24) is 4.98 Å². The molecule has 4 rings (SSSR count). The second kappa shape index (κ2) is 8.35. The van der Waals surface area contributed by atoms with Gasteiger partial charge in [0.15, 0.2) is 5.13 Å². The molecule has 1 amide bonds. The number of ether oxygens (including phenoxy) is 1. The molecule has 0 aliphatic heterocycles. The zero-order chi connectivity index (χ0) is 20.4. The molecule has 0 N–H and O–H groups in total. The number of aryl methyl sites for hydroxylation is 1. The number of thiazole rings is 1. The fourth-order valence-corrected chi connectivity index (χ4v) is 4.65. The molecule has 0 bridgehead atoms. The molecule has 0 unspecified atom stereocenters. The average molecular weight is 467 g/mol. The smallest absolute Gasteiger partial charge is 0.261 e. The Morgan fingerprint density at radius 2 is 1.79 bits per heavy atom. The standard InChI is InChI=1S/C23H19BrN2O2S/c1-15-12-13-19(28-2)20-21(15)29-23(25-20)26(14-16-8-4-3-5-9-16)22(27)17-10-6-7-11-18(17)24/h3-13H,14H2,1-2H3. The van der Waals surface area contributed by atoms with E-state index in [0.717, 1.165) is 25.8 Å². The third kappa shape index (κ3) is 3.91. The van der Waals surface area contributed by atoms with Crippen LogP contribution in [-0.4, -0.2) is 18.0 Å². The molecule has 3 aromatic carbocycles. The van der Waals surface area contributed by atoms with Crippen molar-refractivity contribution in [3.63, 3.8) is 0 Å². The molecule has 4 aromatic rings. The van der Waals surface area contributed by atoms with Crippen LogP contribution in [0.4, 0.5) is 5.13 Å². The van der Waals surface area contributed by atoms with Gasteiger partial charge >= 0.3 is 0 Å². The van der Waals surface area contributed by atoms with Crippen LogP contribution in [0.15, 0.2) is 71.2 Å². The molecule has 0 radical (unpaired) electrons. The minimum Gasteiger partial charge on any atom is -0.494 e. The predicted octanol–water partition coefficient (Wildman–Crippen LogP) is 6.22. The summed E-state index contributed by atoms with van der Waals surface area (Å²) in [6.07, 6.45) is 0. The molecule has 29 heavy (non-hydrogen) atoms. The highest BCUT2D eigenvalue weighted by atomic mass is 79.9. The summed E-state index contributed by atoms with van der Waals surface area (Å²) in [4.78, 5) is 20.1. The van der Waals surface area contributed by atoms with Gasteiger partial charge in [0, 0.05) is 4.47 Å². The van der Waals surface area contributed by atoms with Crippen molar-refractivity contribution < 1.29 is 9.53 Å². The first-order valence-electron chi connectivity index (χ1n) is 9.13. The lowest BCUT2D eigenvalue weighted by molar-refractivity contribution is 0.0984. The molecular formula is C23H19BrN2O2S. The summed E-state index contributed by atoms with van der Waals surface area (Å²) in [6, 6.07) is 21.3. The van der Waals surface area contributed by atoms with Gasteiger partial charge in [0.2, 0.25) is 0 Å². The summed E-state index contributed by atoms with van der Waals surface area (Å²) < 4.78 is 7.28. The Balaban J connectivity index is 1.84. The molecule has 0 saturated carbocycles. The maximum absolute atomic E-state index is 13.5. The summed E-state index contributed by atoms with van der Waals surface area (Å²) in [5.74, 6) is 0.609. The monoisotopic (exact) mass is 466 g/mol. The third-order valence-corrected chi connectivity index (χ3v) is 6.58. The maximum Gasteiger partial charge on any atom is 0.261 e. The molecular weight excluding hydrogens is 448 g/mol. The van der Waals surface area contributed by atoms with Crippen molar-refractivity contribution in [3.05, 3.63) is 87.9 Å². The van der Waals surface area contributed by atoms with E-state index in [2.05, 4.69) is 15.9 Å². The normalized spacial score (nSPS) is 10.9. The molecule has 0 aliphatic carbocycles. The number of hydrogen-bond acceptors (Lipinski definition) is 4. The molecule has 0 saturated heterocycles. The van der Waals surface area contributed by atoms with E-state index in [4.69, 9.17) is 9.72 Å². The van der Waals surface area contributed by atoms with Crippen LogP contribution < -0.4 is 9.64 Å². The van der Waals surface area contributed by atoms with E-state index < -0.39 is 0 Å². The highest BCUT2D eigenvalue weighted by Crippen LogP contribution is 2.37. The lowest BCUT2D eigenvalue weighted by atomic mass is 10.1. The van der Waals surface area contributed by atoms with Gasteiger partial charge < -0.3 is 4.74 Å². The molecule has 0 spiro atoms. The van der Waals surface area contributed by atoms with Crippen molar-refractivity contribution >= 4 is 48.5 Å². The van der Waals surface area contributed by atoms with Gasteiger partial charge in [-0.3, -0.25) is 9.69 Å². The first kappa shape index (κ1) is 19.6. The van der Waals surface area contributed by atoms with Gasteiger partial charge in [0.1, 0.15) is 11.3 Å². The van der Waals surface area contributed by atoms with E-state index in [-0.39, 0.29) is 5.91 Å². The molecule has 0 fully saturated rings. The van der Waals surface area contributed by atoms with Gasteiger partial charge in [-0.05, 0) is 52.2 Å². The number of hydrogen-bond donors (Lipinski definition) is 0. The lowest BCUT2D eigenvalue weighted by Crippen LogP contribution is -2.30. The number of nitrogens with zero attached hydrogens (tertiary/aromatic N) is 2. The summed E-state index contributed by atoms with van der Waals surface area (Å²) in [6.45, 7) is 2.48. The van der Waals surface area contributed by atoms with Crippen LogP contribution >= 0.6 is 27.3 Å². The van der Waals surface area contributed by atoms with Crippen LogP contribution in [0, 0.1) is 6.92 Å². The van der Waals surface area contributed by atoms with Crippen LogP contribution in [0.2, 0.25) is 0 Å². The lowest BCUT2D eigenvalue weighted by Gasteiger charge is -2.20. The molecule has 0 atom stereocenters. The maximum atomic E-state index is 13.5. The number of carbonyl (C=O) groups excluding carboxylic acids is 1. The minimum atomic E-state index is -0.1000. The number of methoxy groups -OCH3 is 1. The highest BCUT2D eigenvalue weighted by molar-refractivity contribution is 9.10. The predicted molar refractivity (Wildman–Crippen MR) is 122 cm³/mol. The fraction of sp³-hybridized carbons (Fsp3) is 0.130. The van der Waals surface area contributed by atoms with Gasteiger partial charge in [0.05, 0.1) is 23.9 Å². The van der Waals surface area contributed by atoms with E-state index in [9.17, 15) is 4.79 Å². The van der Waals surface area contributed by atoms with E-state index in [0.29, 0.717) is 23.0 Å². The SMILES string of the molecule is COc1ccc(C)c2sc(N(Cc3ccccc3)C(=O)c3ccccc3Br)nc12. The summed E-state index contributed by atoms with van der Waals surface area (Å²) >= 11 is 5.02. The topological polar surface area (TPSA) is 42.4 Å². The molecule has 0 aliphatic rings. The summed E-state index contributed by atoms with van der Waals surface area (Å²) in [5.41, 5.74) is 3.53. The summed E-state index contributed by atoms with van der Waals surface area (Å²) in [7, 11) is 1.64. The Kier molecular flexibility index (Phi) is 5.65. The summed E-state index contributed by atoms with van der Waals surface area (Å²) in [5, 5.41) is 0.650. The second-order valence-electron chi connectivity index (χ2n) is 6.62. The molecule has 1 heterocycles. The van der Waals surface area contributed by atoms with Gasteiger partial charge in [-0.2, -0.15) is 0 Å². The number of rotatable bonds is 5. The zero-order valence-electron chi connectivity index (χ0n) is 16.1. The van der Waals surface area contributed by atoms with Gasteiger partial charge in [-0.25, -0.2) is 4.98 Å². The first-order chi connectivity index (χ1) is 14.1. The van der Waals surface area contributed by atoms with E-state index in [1.54, 1.807) is 12.0 Å². The van der Waals surface area contributed by atoms with Crippen LogP contribution in [0.25, 0.3) is 10.2 Å². The minimum absolute atomic E-state index is 0.1000. The van der Waals surface area contributed by atoms with Crippen molar-refractivity contribution in [2.45, 2.75) is 13.5 Å². The Morgan fingerprint density at radius 3 is 2.52 bits per heavy atom. The van der Waals surface area contributed by atoms with Gasteiger partial charge in [0.25, 0.3) is 5.91 Å². The van der Waals surface area contributed by atoms with Crippen LogP contribution in [-0.2, 0) is 6.54 Å². The Hall–Kier alpha value is -2.70. The number of fused-ring (bicyclic) bond motifs is 1. The fourth-order valence-electron chi connectivity index (χ4n) is 3.15. The Labute approximate surface area is 181 Å². The molecule has 6 heteroatoms. The van der Waals surface area contributed by atoms with Crippen molar-refractivity contribution in [1.29, 1.82) is 0 Å². The van der Waals surface area contributed by atoms with Crippen LogP contribution in [0.1, 0.15) is 21.5 Å². The van der Waals surface area contributed by atoms with Gasteiger partial charge in [-0.15, -0.1) is 0 Å².